The first-order valence-electron chi connectivity index (χ1n) is 16.6. The van der Waals surface area contributed by atoms with Gasteiger partial charge >= 0.3 is 0 Å². The van der Waals surface area contributed by atoms with Crippen molar-refractivity contribution in [2.45, 2.75) is 76.4 Å². The number of hydrogen-bond acceptors (Lipinski definition) is 10. The molecule has 0 aliphatic heterocycles. The zero-order valence-electron chi connectivity index (χ0n) is 27.7. The van der Waals surface area contributed by atoms with Crippen LogP contribution in [0.15, 0.2) is 54.9 Å². The molecule has 4 heterocycles. The summed E-state index contributed by atoms with van der Waals surface area (Å²) in [7, 11) is 1.79. The van der Waals surface area contributed by atoms with Gasteiger partial charge in [0.2, 0.25) is 5.95 Å². The number of fused-ring (bicyclic) bond motifs is 2. The minimum atomic E-state index is -0.526. The normalized spacial score (nSPS) is 16.1. The summed E-state index contributed by atoms with van der Waals surface area (Å²) in [6.45, 7) is 4.31. The highest BCUT2D eigenvalue weighted by atomic mass is 16.5. The molecule has 0 bridgehead atoms. The van der Waals surface area contributed by atoms with Gasteiger partial charge in [0.25, 0.3) is 0 Å². The molecule has 12 heteroatoms. The molecule has 2 aliphatic carbocycles. The van der Waals surface area contributed by atoms with E-state index in [1.165, 1.54) is 0 Å². The molecule has 0 saturated heterocycles. The van der Waals surface area contributed by atoms with Crippen molar-refractivity contribution < 1.29 is 4.74 Å². The Balaban J connectivity index is 1.10. The summed E-state index contributed by atoms with van der Waals surface area (Å²) >= 11 is 0. The van der Waals surface area contributed by atoms with Crippen LogP contribution in [0.25, 0.3) is 33.4 Å². The number of aromatic nitrogens is 8. The molecular formula is C37H35N11O. The third kappa shape index (κ3) is 5.16. The summed E-state index contributed by atoms with van der Waals surface area (Å²) in [6.07, 6.45) is 9.13. The Morgan fingerprint density at radius 3 is 2.10 bits per heavy atom. The summed E-state index contributed by atoms with van der Waals surface area (Å²) < 4.78 is 9.93. The SMILES string of the molecule is CNc1nc(C)cc(-n2ncc3c(COCc4nc(C)cc(-n5ncc6ccc(C7(C#N)CCC7)cc65)n4)cc(C4(C#N)CCC4)cc32)n1. The molecule has 244 valence electrons. The molecule has 49 heavy (non-hydrogen) atoms. The molecule has 2 aliphatic rings. The van der Waals surface area contributed by atoms with Crippen molar-refractivity contribution in [2.24, 2.45) is 0 Å². The van der Waals surface area contributed by atoms with Crippen molar-refractivity contribution in [1.82, 2.24) is 39.5 Å². The van der Waals surface area contributed by atoms with E-state index in [4.69, 9.17) is 14.8 Å². The number of nitrogens with zero attached hydrogens (tertiary/aromatic N) is 10. The number of anilines is 1. The van der Waals surface area contributed by atoms with Crippen LogP contribution in [0.5, 0.6) is 0 Å². The predicted octanol–water partition coefficient (Wildman–Crippen LogP) is 6.21. The van der Waals surface area contributed by atoms with Gasteiger partial charge in [-0.25, -0.2) is 24.3 Å². The maximum atomic E-state index is 10.2. The minimum Gasteiger partial charge on any atom is -0.369 e. The van der Waals surface area contributed by atoms with Gasteiger partial charge in [0.1, 0.15) is 6.61 Å². The van der Waals surface area contributed by atoms with Crippen LogP contribution in [-0.2, 0) is 28.8 Å². The number of nitrogens with one attached hydrogen (secondary N) is 1. The second-order valence-corrected chi connectivity index (χ2v) is 13.3. The quantitative estimate of drug-likeness (QED) is 0.191. The van der Waals surface area contributed by atoms with E-state index in [-0.39, 0.29) is 13.2 Å². The monoisotopic (exact) mass is 649 g/mol. The van der Waals surface area contributed by atoms with Crippen LogP contribution in [0, 0.1) is 36.5 Å². The summed E-state index contributed by atoms with van der Waals surface area (Å²) in [5.41, 5.74) is 5.35. The third-order valence-electron chi connectivity index (χ3n) is 10.2. The van der Waals surface area contributed by atoms with Gasteiger partial charge in [0, 0.05) is 41.3 Å². The van der Waals surface area contributed by atoms with Crippen LogP contribution in [0.3, 0.4) is 0 Å². The first kappa shape index (κ1) is 30.6. The summed E-state index contributed by atoms with van der Waals surface area (Å²) in [5, 5.41) is 34.5. The average Bonchev–Trinajstić information content (AvgIpc) is 3.68. The molecule has 2 fully saturated rings. The highest BCUT2D eigenvalue weighted by Crippen LogP contribution is 2.45. The number of nitriles is 2. The van der Waals surface area contributed by atoms with Crippen LogP contribution in [0.4, 0.5) is 5.95 Å². The van der Waals surface area contributed by atoms with E-state index in [2.05, 4.69) is 61.8 Å². The Hall–Kier alpha value is -5.72. The molecule has 6 aromatic rings. The lowest BCUT2D eigenvalue weighted by molar-refractivity contribution is 0.102. The fraction of sp³-hybridized carbons (Fsp3) is 0.351. The average molecular weight is 650 g/mol. The van der Waals surface area contributed by atoms with E-state index >= 15 is 0 Å². The maximum Gasteiger partial charge on any atom is 0.224 e. The molecule has 4 aromatic heterocycles. The number of rotatable bonds is 9. The molecule has 0 spiro atoms. The van der Waals surface area contributed by atoms with Crippen molar-refractivity contribution in [1.29, 1.82) is 10.5 Å². The van der Waals surface area contributed by atoms with Gasteiger partial charge in [-0.15, -0.1) is 0 Å². The van der Waals surface area contributed by atoms with Crippen molar-refractivity contribution >= 4 is 27.8 Å². The fourth-order valence-corrected chi connectivity index (χ4v) is 7.08. The summed E-state index contributed by atoms with van der Waals surface area (Å²) in [6, 6.07) is 19.3. The lowest BCUT2D eigenvalue weighted by atomic mass is 9.65. The Morgan fingerprint density at radius 1 is 0.755 bits per heavy atom. The smallest absolute Gasteiger partial charge is 0.224 e. The number of hydrogen-bond donors (Lipinski definition) is 1. The standard InChI is InChI=1S/C37H35N11O/c1-23-12-33(47-30-15-27(7-6-25(30)17-41-47)36(21-38)8-4-9-36)45-32(43-23)20-49-19-26-14-28(37(22-39)10-5-11-37)16-31-29(26)18-42-48(31)34-13-24(2)44-35(40-3)46-34/h6-7,12-18H,4-5,8-11,19-20H2,1-3H3,(H,40,44,46). The molecule has 0 amide bonds. The summed E-state index contributed by atoms with van der Waals surface area (Å²) in [5.74, 6) is 2.33. The van der Waals surface area contributed by atoms with E-state index in [1.54, 1.807) is 11.7 Å². The Labute approximate surface area is 283 Å². The second-order valence-electron chi connectivity index (χ2n) is 13.3. The summed E-state index contributed by atoms with van der Waals surface area (Å²) in [4.78, 5) is 18.6. The second kappa shape index (κ2) is 11.8. The molecular weight excluding hydrogens is 614 g/mol. The van der Waals surface area contributed by atoms with Crippen molar-refractivity contribution in [2.75, 3.05) is 12.4 Å². The number of ether oxygens (including phenoxy) is 1. The van der Waals surface area contributed by atoms with Gasteiger partial charge in [-0.3, -0.25) is 0 Å². The van der Waals surface area contributed by atoms with Gasteiger partial charge in [-0.1, -0.05) is 18.2 Å². The highest BCUT2D eigenvalue weighted by Gasteiger charge is 2.40. The van der Waals surface area contributed by atoms with Gasteiger partial charge in [-0.05, 0) is 81.2 Å². The fourth-order valence-electron chi connectivity index (χ4n) is 7.08. The van der Waals surface area contributed by atoms with Crippen molar-refractivity contribution in [3.05, 3.63) is 88.8 Å². The van der Waals surface area contributed by atoms with E-state index in [0.29, 0.717) is 23.4 Å². The first-order valence-corrected chi connectivity index (χ1v) is 16.6. The molecule has 1 N–H and O–H groups in total. The molecule has 12 nitrogen and oxygen atoms in total. The van der Waals surface area contributed by atoms with Crippen molar-refractivity contribution in [3.8, 4) is 23.8 Å². The Bertz CT molecular complexity index is 2330. The highest BCUT2D eigenvalue weighted by molar-refractivity contribution is 5.85. The van der Waals surface area contributed by atoms with E-state index in [9.17, 15) is 10.5 Å². The van der Waals surface area contributed by atoms with Crippen LogP contribution in [0.2, 0.25) is 0 Å². The minimum absolute atomic E-state index is 0.177. The molecule has 8 rings (SSSR count). The largest absolute Gasteiger partial charge is 0.369 e. The van der Waals surface area contributed by atoms with E-state index in [1.807, 2.05) is 49.1 Å². The Kier molecular flexibility index (Phi) is 7.34. The number of benzene rings is 2. The van der Waals surface area contributed by atoms with Gasteiger partial charge < -0.3 is 10.1 Å². The van der Waals surface area contributed by atoms with Crippen molar-refractivity contribution in [3.63, 3.8) is 0 Å². The van der Waals surface area contributed by atoms with Crippen LogP contribution in [-0.4, -0.2) is 46.5 Å². The van der Waals surface area contributed by atoms with Crippen LogP contribution in [0.1, 0.15) is 72.4 Å². The maximum absolute atomic E-state index is 10.2. The number of aryl methyl sites for hydroxylation is 2. The zero-order chi connectivity index (χ0) is 33.8. The van der Waals surface area contributed by atoms with Gasteiger partial charge in [0.05, 0.1) is 53.0 Å². The first-order chi connectivity index (χ1) is 23.8. The van der Waals surface area contributed by atoms with Crippen LogP contribution >= 0.6 is 0 Å². The van der Waals surface area contributed by atoms with E-state index < -0.39 is 10.8 Å². The van der Waals surface area contributed by atoms with Gasteiger partial charge in [-0.2, -0.15) is 25.7 Å². The lowest BCUT2D eigenvalue weighted by Crippen LogP contribution is -2.32. The molecule has 2 aromatic carbocycles. The lowest BCUT2D eigenvalue weighted by Gasteiger charge is -2.36. The van der Waals surface area contributed by atoms with Gasteiger partial charge in [0.15, 0.2) is 17.5 Å². The molecule has 0 unspecified atom stereocenters. The zero-order valence-corrected chi connectivity index (χ0v) is 27.7. The molecule has 0 atom stereocenters. The van der Waals surface area contributed by atoms with Crippen LogP contribution < -0.4 is 5.32 Å². The Morgan fingerprint density at radius 2 is 1.41 bits per heavy atom. The third-order valence-corrected chi connectivity index (χ3v) is 10.2. The van der Waals surface area contributed by atoms with E-state index in [0.717, 1.165) is 88.4 Å². The molecule has 2 saturated carbocycles. The molecule has 0 radical (unpaired) electrons. The predicted molar refractivity (Wildman–Crippen MR) is 183 cm³/mol. The topological polar surface area (TPSA) is 156 Å².